The second-order valence-electron chi connectivity index (χ2n) is 5.12. The molecule has 0 saturated heterocycles. The molecule has 0 saturated carbocycles. The van der Waals surface area contributed by atoms with Crippen LogP contribution in [0.15, 0.2) is 59.0 Å². The fourth-order valence-electron chi connectivity index (χ4n) is 2.19. The molecule has 0 radical (unpaired) electrons. The summed E-state index contributed by atoms with van der Waals surface area (Å²) in [5.41, 5.74) is 13.2. The number of nitrogens with two attached hydrogens (primary N) is 1. The molecule has 4 nitrogen and oxygen atoms in total. The fraction of sp³-hybridized carbons (Fsp3) is 0.111. The lowest BCUT2D eigenvalue weighted by Gasteiger charge is -2.03. The number of hydrogen-bond acceptors (Lipinski definition) is 5. The van der Waals surface area contributed by atoms with E-state index in [0.29, 0.717) is 10.9 Å². The van der Waals surface area contributed by atoms with Crippen molar-refractivity contribution in [2.75, 3.05) is 11.2 Å². The third-order valence-corrected chi connectivity index (χ3v) is 4.27. The Morgan fingerprint density at radius 1 is 1.09 bits per heavy atom. The second-order valence-corrected chi connectivity index (χ2v) is 5.98. The lowest BCUT2D eigenvalue weighted by atomic mass is 10.0. The first-order valence-corrected chi connectivity index (χ1v) is 8.32. The van der Waals surface area contributed by atoms with Gasteiger partial charge in [-0.3, -0.25) is 5.43 Å². The molecular weight excluding hydrogens is 304 g/mol. The molecule has 1 heterocycles. The highest BCUT2D eigenvalue weighted by atomic mass is 32.1. The third kappa shape index (κ3) is 3.96. The molecule has 0 bridgehead atoms. The average Bonchev–Trinajstić information content (AvgIpc) is 3.01. The number of hydrazone groups is 1. The van der Waals surface area contributed by atoms with Gasteiger partial charge in [-0.05, 0) is 28.7 Å². The Bertz CT molecular complexity index is 789. The molecule has 5 heteroatoms. The van der Waals surface area contributed by atoms with Crippen molar-refractivity contribution >= 4 is 28.5 Å². The van der Waals surface area contributed by atoms with Crippen molar-refractivity contribution in [2.45, 2.75) is 13.3 Å². The number of aromatic nitrogens is 1. The van der Waals surface area contributed by atoms with E-state index in [-0.39, 0.29) is 0 Å². The van der Waals surface area contributed by atoms with Gasteiger partial charge in [-0.2, -0.15) is 5.10 Å². The minimum absolute atomic E-state index is 0.506. The average molecular weight is 322 g/mol. The van der Waals surface area contributed by atoms with Crippen LogP contribution in [0.1, 0.15) is 18.1 Å². The van der Waals surface area contributed by atoms with Gasteiger partial charge in [0.25, 0.3) is 0 Å². The van der Waals surface area contributed by atoms with Crippen LogP contribution >= 0.6 is 11.3 Å². The van der Waals surface area contributed by atoms with Crippen LogP contribution in [0.5, 0.6) is 0 Å². The Morgan fingerprint density at radius 3 is 2.30 bits per heavy atom. The molecule has 3 rings (SSSR count). The molecule has 116 valence electrons. The Kier molecular flexibility index (Phi) is 4.68. The van der Waals surface area contributed by atoms with Crippen LogP contribution in [0.3, 0.4) is 0 Å². The third-order valence-electron chi connectivity index (χ3n) is 3.50. The van der Waals surface area contributed by atoms with Crippen molar-refractivity contribution in [3.63, 3.8) is 0 Å². The molecule has 0 spiro atoms. The van der Waals surface area contributed by atoms with Crippen molar-refractivity contribution in [3.05, 3.63) is 65.0 Å². The van der Waals surface area contributed by atoms with Crippen molar-refractivity contribution in [1.29, 1.82) is 0 Å². The minimum atomic E-state index is 0.506. The molecule has 1 aromatic heterocycles. The summed E-state index contributed by atoms with van der Waals surface area (Å²) in [5, 5.41) is 6.63. The summed E-state index contributed by atoms with van der Waals surface area (Å²) in [7, 11) is 0. The number of nitrogens with one attached hydrogen (secondary N) is 1. The van der Waals surface area contributed by atoms with E-state index in [2.05, 4.69) is 58.8 Å². The summed E-state index contributed by atoms with van der Waals surface area (Å²) in [6, 6.07) is 17.0. The highest BCUT2D eigenvalue weighted by Crippen LogP contribution is 2.20. The van der Waals surface area contributed by atoms with Gasteiger partial charge in [-0.25, -0.2) is 4.98 Å². The largest absolute Gasteiger partial charge is 0.383 e. The van der Waals surface area contributed by atoms with Crippen LogP contribution < -0.4 is 11.2 Å². The highest BCUT2D eigenvalue weighted by molar-refractivity contribution is 7.14. The van der Waals surface area contributed by atoms with E-state index in [9.17, 15) is 0 Å². The Hall–Kier alpha value is -2.66. The van der Waals surface area contributed by atoms with Crippen molar-refractivity contribution < 1.29 is 0 Å². The zero-order valence-electron chi connectivity index (χ0n) is 12.9. The quantitative estimate of drug-likeness (QED) is 0.540. The van der Waals surface area contributed by atoms with E-state index in [4.69, 9.17) is 5.73 Å². The van der Waals surface area contributed by atoms with Crippen LogP contribution in [0.25, 0.3) is 11.1 Å². The molecule has 0 aliphatic rings. The Labute approximate surface area is 139 Å². The number of hydrogen-bond donors (Lipinski definition) is 2. The van der Waals surface area contributed by atoms with E-state index in [1.54, 1.807) is 11.6 Å². The van der Waals surface area contributed by atoms with Crippen molar-refractivity contribution in [2.24, 2.45) is 5.10 Å². The van der Waals surface area contributed by atoms with Gasteiger partial charge >= 0.3 is 0 Å². The van der Waals surface area contributed by atoms with Gasteiger partial charge in [0.15, 0.2) is 0 Å². The summed E-state index contributed by atoms with van der Waals surface area (Å²) < 4.78 is 0. The summed E-state index contributed by atoms with van der Waals surface area (Å²) in [4.78, 5) is 4.08. The highest BCUT2D eigenvalue weighted by Gasteiger charge is 1.98. The van der Waals surface area contributed by atoms with Gasteiger partial charge in [-0.15, -0.1) is 11.3 Å². The molecule has 0 aliphatic carbocycles. The van der Waals surface area contributed by atoms with Crippen molar-refractivity contribution in [3.8, 4) is 11.1 Å². The summed E-state index contributed by atoms with van der Waals surface area (Å²) in [5.74, 6) is 0.506. The number of anilines is 2. The number of benzene rings is 2. The van der Waals surface area contributed by atoms with Crippen LogP contribution in [-0.4, -0.2) is 11.2 Å². The first-order chi connectivity index (χ1) is 11.2. The number of aryl methyl sites for hydroxylation is 1. The van der Waals surface area contributed by atoms with Crippen LogP contribution in [0.2, 0.25) is 0 Å². The van der Waals surface area contributed by atoms with Crippen LogP contribution in [-0.2, 0) is 6.42 Å². The maximum Gasteiger partial charge on any atom is 0.205 e. The van der Waals surface area contributed by atoms with Crippen molar-refractivity contribution in [1.82, 2.24) is 4.98 Å². The van der Waals surface area contributed by atoms with Gasteiger partial charge in [0.2, 0.25) is 5.13 Å². The number of nitrogen functional groups attached to an aromatic ring is 1. The second kappa shape index (κ2) is 7.07. The molecule has 0 amide bonds. The molecule has 3 N–H and O–H groups in total. The number of nitrogens with zero attached hydrogens (tertiary/aromatic N) is 2. The van der Waals surface area contributed by atoms with Gasteiger partial charge in [0, 0.05) is 5.38 Å². The van der Waals surface area contributed by atoms with E-state index < -0.39 is 0 Å². The Morgan fingerprint density at radius 2 is 1.74 bits per heavy atom. The number of thiazole rings is 1. The maximum atomic E-state index is 5.56. The molecule has 0 unspecified atom stereocenters. The molecule has 23 heavy (non-hydrogen) atoms. The van der Waals surface area contributed by atoms with E-state index in [1.165, 1.54) is 28.0 Å². The predicted octanol–water partition coefficient (Wildman–Crippen LogP) is 4.40. The lowest BCUT2D eigenvalue weighted by molar-refractivity contribution is 1.14. The van der Waals surface area contributed by atoms with Crippen LogP contribution in [0, 0.1) is 0 Å². The molecular formula is C18H18N4S. The summed E-state index contributed by atoms with van der Waals surface area (Å²) >= 11 is 1.43. The molecule has 2 aromatic carbocycles. The standard InChI is InChI=1S/C18H18N4S/c1-2-13-3-7-15(8-4-13)16-9-5-14(6-10-16)11-20-22-18-21-17(19)12-23-18/h3-12H,2,19H2,1H3,(H,21,22). The fourth-order valence-corrected chi connectivity index (χ4v) is 2.74. The maximum absolute atomic E-state index is 5.56. The van der Waals surface area contributed by atoms with Gasteiger partial charge in [0.1, 0.15) is 5.82 Å². The van der Waals surface area contributed by atoms with Gasteiger partial charge in [0.05, 0.1) is 6.21 Å². The number of rotatable bonds is 5. The molecule has 0 aliphatic heterocycles. The van der Waals surface area contributed by atoms with E-state index >= 15 is 0 Å². The SMILES string of the molecule is CCc1ccc(-c2ccc(C=NNc3nc(N)cs3)cc2)cc1. The molecule has 0 fully saturated rings. The zero-order valence-corrected chi connectivity index (χ0v) is 13.7. The van der Waals surface area contributed by atoms with Gasteiger partial charge < -0.3 is 5.73 Å². The predicted molar refractivity (Wildman–Crippen MR) is 99.0 cm³/mol. The minimum Gasteiger partial charge on any atom is -0.383 e. The summed E-state index contributed by atoms with van der Waals surface area (Å²) in [6.07, 6.45) is 2.83. The topological polar surface area (TPSA) is 63.3 Å². The smallest absolute Gasteiger partial charge is 0.205 e. The summed E-state index contributed by atoms with van der Waals surface area (Å²) in [6.45, 7) is 2.16. The van der Waals surface area contributed by atoms with E-state index in [1.807, 2.05) is 12.1 Å². The van der Waals surface area contributed by atoms with Gasteiger partial charge in [-0.1, -0.05) is 55.5 Å². The lowest BCUT2D eigenvalue weighted by Crippen LogP contribution is -1.91. The molecule has 3 aromatic rings. The first kappa shape index (κ1) is 15.2. The van der Waals surface area contributed by atoms with E-state index in [0.717, 1.165) is 12.0 Å². The Balaban J connectivity index is 1.66. The monoisotopic (exact) mass is 322 g/mol. The normalized spacial score (nSPS) is 11.0. The van der Waals surface area contributed by atoms with Crippen LogP contribution in [0.4, 0.5) is 10.9 Å². The first-order valence-electron chi connectivity index (χ1n) is 7.44. The molecule has 0 atom stereocenters. The zero-order chi connectivity index (χ0) is 16.1.